The Labute approximate surface area is 333 Å². The molecule has 328 valence electrons. The number of hydrogen-bond donors (Lipinski definition) is 11. The second-order valence-electron chi connectivity index (χ2n) is 10.2. The summed E-state index contributed by atoms with van der Waals surface area (Å²) in [5, 5.41) is 62.0. The molecule has 2 aromatic carbocycles. The van der Waals surface area contributed by atoms with Crippen LogP contribution in [-0.2, 0) is 44.5 Å². The van der Waals surface area contributed by atoms with Gasteiger partial charge < -0.3 is 40.9 Å². The summed E-state index contributed by atoms with van der Waals surface area (Å²) in [6.45, 7) is 2.23. The van der Waals surface area contributed by atoms with Crippen molar-refractivity contribution in [2.24, 2.45) is 0 Å². The van der Waals surface area contributed by atoms with Gasteiger partial charge in [0.15, 0.2) is 0 Å². The molecule has 2 rings (SSSR count). The van der Waals surface area contributed by atoms with E-state index in [9.17, 15) is 37.2 Å². The fourth-order valence-electron chi connectivity index (χ4n) is 3.05. The monoisotopic (exact) mass is 872 g/mol. The van der Waals surface area contributed by atoms with Crippen LogP contribution in [0.1, 0.15) is 81.5 Å². The molecule has 0 spiro atoms. The van der Waals surface area contributed by atoms with E-state index in [0.717, 1.165) is 12.8 Å². The third-order valence-corrected chi connectivity index (χ3v) is 6.16. The van der Waals surface area contributed by atoms with Gasteiger partial charge in [-0.2, -0.15) is 16.8 Å². The zero-order valence-electron chi connectivity index (χ0n) is 30.9. The van der Waals surface area contributed by atoms with Crippen molar-refractivity contribution < 1.29 is 105 Å². The topological polar surface area (TPSA) is 410 Å². The molecule has 0 amide bonds. The van der Waals surface area contributed by atoms with Crippen LogP contribution in [0.25, 0.3) is 0 Å². The molecule has 0 radical (unpaired) electrons. The Morgan fingerprint density at radius 1 is 0.483 bits per heavy atom. The van der Waals surface area contributed by atoms with E-state index in [1.807, 2.05) is 0 Å². The predicted octanol–water partition coefficient (Wildman–Crippen LogP) is 5.30. The molecule has 0 aliphatic rings. The number of aromatic carboxylic acids is 1. The number of carboxylic acid groups (broad SMARTS) is 8. The summed E-state index contributed by atoms with van der Waals surface area (Å²) in [5.74, 6) is -6.57. The number of aliphatic carboxylic acids is 5. The number of benzene rings is 2. The second-order valence-corrected chi connectivity index (χ2v) is 12.5. The zero-order valence-corrected chi connectivity index (χ0v) is 32.5. The molecule has 0 saturated carbocycles. The van der Waals surface area contributed by atoms with Crippen LogP contribution in [0.15, 0.2) is 89.9 Å². The third-order valence-electron chi connectivity index (χ3n) is 5.29. The van der Waals surface area contributed by atoms with Crippen molar-refractivity contribution >= 4 is 62.5 Å². The Bertz CT molecular complexity index is 1660. The van der Waals surface area contributed by atoms with Crippen LogP contribution >= 0.6 is 0 Å². The number of hydrogen-bond acceptors (Lipinski definition) is 11. The standard InChI is InChI=1S/C12H24O2.C7H6O2.C6H6O3S.2C4H4O4.CH2O3.H2O4S/c1-2-3-4-5-6-7-8-9-10-11-12(13)14;8-7(9)6-4-2-1-3-5-6;7-10(8,9)6-4-2-1-3-5-6;2*5-3(6)1-2-4(7)8;2-1(3)4;1-5(2,3)4/h2-11H2,1H3,(H,13,14);1-5H,(H,8,9);1-5H,(H,7,8,9);2*1-2H,(H,5,6)(H,7,8);(H2,2,3,4);(H2,1,2,3,4)/b;;;2*2-1-;;. The molecular weight excluding hydrogens is 824 g/mol. The fraction of sp³-hybridized carbons (Fsp3) is 0.324. The molecule has 0 heterocycles. The van der Waals surface area contributed by atoms with Crippen LogP contribution in [0.3, 0.4) is 0 Å². The molecule has 24 heteroatoms. The maximum Gasteiger partial charge on any atom is 0.503 e. The summed E-state index contributed by atoms with van der Waals surface area (Å²) in [7, 11) is -8.67. The Balaban J connectivity index is -0.000000194. The third kappa shape index (κ3) is 71.2. The molecule has 0 fully saturated rings. The normalized spacial score (nSPS) is 9.86. The summed E-state index contributed by atoms with van der Waals surface area (Å²) >= 11 is 0. The van der Waals surface area contributed by atoms with Gasteiger partial charge >= 0.3 is 52.4 Å². The highest BCUT2D eigenvalue weighted by atomic mass is 32.3. The first-order chi connectivity index (χ1) is 26.7. The molecular formula is C34H48O22S2. The van der Waals surface area contributed by atoms with Gasteiger partial charge in [-0.25, -0.2) is 28.8 Å². The maximum atomic E-state index is 10.4. The van der Waals surface area contributed by atoms with E-state index >= 15 is 0 Å². The van der Waals surface area contributed by atoms with Crippen LogP contribution in [0.5, 0.6) is 0 Å². The average molecular weight is 873 g/mol. The van der Waals surface area contributed by atoms with Gasteiger partial charge in [-0.1, -0.05) is 94.7 Å². The highest BCUT2D eigenvalue weighted by molar-refractivity contribution is 7.85. The molecule has 0 bridgehead atoms. The Morgan fingerprint density at radius 2 is 0.759 bits per heavy atom. The predicted molar refractivity (Wildman–Crippen MR) is 203 cm³/mol. The minimum atomic E-state index is -4.67. The quantitative estimate of drug-likeness (QED) is 0.0578. The van der Waals surface area contributed by atoms with Crippen molar-refractivity contribution in [2.45, 2.75) is 76.0 Å². The smallest absolute Gasteiger partial charge is 0.481 e. The molecule has 58 heavy (non-hydrogen) atoms. The van der Waals surface area contributed by atoms with E-state index in [1.165, 1.54) is 57.1 Å². The lowest BCUT2D eigenvalue weighted by molar-refractivity contribution is -0.137. The van der Waals surface area contributed by atoms with Gasteiger partial charge in [0.25, 0.3) is 10.1 Å². The van der Waals surface area contributed by atoms with Crippen molar-refractivity contribution in [1.29, 1.82) is 0 Å². The summed E-state index contributed by atoms with van der Waals surface area (Å²) in [4.78, 5) is 67.1. The van der Waals surface area contributed by atoms with Crippen molar-refractivity contribution in [3.63, 3.8) is 0 Å². The van der Waals surface area contributed by atoms with Crippen LogP contribution in [0.2, 0.25) is 0 Å². The number of carbonyl (C=O) groups is 7. The minimum Gasteiger partial charge on any atom is -0.481 e. The first kappa shape index (κ1) is 61.0. The van der Waals surface area contributed by atoms with Gasteiger partial charge in [0.2, 0.25) is 0 Å². The van der Waals surface area contributed by atoms with Crippen molar-refractivity contribution in [3.05, 3.63) is 90.5 Å². The summed E-state index contributed by atoms with van der Waals surface area (Å²) in [5.41, 5.74) is 0.331. The van der Waals surface area contributed by atoms with E-state index < -0.39 is 62.5 Å². The molecule has 2 aromatic rings. The lowest BCUT2D eigenvalue weighted by Crippen LogP contribution is -1.96. The number of rotatable bonds is 16. The second kappa shape index (κ2) is 39.0. The lowest BCUT2D eigenvalue weighted by atomic mass is 10.1. The van der Waals surface area contributed by atoms with Crippen molar-refractivity contribution in [1.82, 2.24) is 0 Å². The average Bonchev–Trinajstić information content (AvgIpc) is 3.09. The van der Waals surface area contributed by atoms with Crippen molar-refractivity contribution in [2.75, 3.05) is 0 Å². The molecule has 22 nitrogen and oxygen atoms in total. The Morgan fingerprint density at radius 3 is 0.966 bits per heavy atom. The highest BCUT2D eigenvalue weighted by Gasteiger charge is 2.05. The van der Waals surface area contributed by atoms with Crippen LogP contribution in [-0.4, -0.2) is 113 Å². The lowest BCUT2D eigenvalue weighted by Gasteiger charge is -2.00. The number of carboxylic acids is 6. The van der Waals surface area contributed by atoms with Gasteiger partial charge in [0, 0.05) is 30.7 Å². The zero-order chi connectivity index (χ0) is 46.2. The summed E-state index contributed by atoms with van der Waals surface area (Å²) < 4.78 is 60.8. The van der Waals surface area contributed by atoms with Crippen LogP contribution in [0, 0.1) is 0 Å². The maximum absolute atomic E-state index is 10.4. The fourth-order valence-corrected chi connectivity index (χ4v) is 3.55. The summed E-state index contributed by atoms with van der Waals surface area (Å²) in [6.07, 6.45) is 11.9. The van der Waals surface area contributed by atoms with Gasteiger partial charge in [-0.05, 0) is 30.7 Å². The molecule has 0 unspecified atom stereocenters. The first-order valence-corrected chi connectivity index (χ1v) is 18.9. The van der Waals surface area contributed by atoms with Gasteiger partial charge in [0.1, 0.15) is 0 Å². The van der Waals surface area contributed by atoms with Gasteiger partial charge in [0.05, 0.1) is 10.5 Å². The molecule has 0 aliphatic carbocycles. The van der Waals surface area contributed by atoms with Gasteiger partial charge in [-0.3, -0.25) is 18.5 Å². The van der Waals surface area contributed by atoms with Crippen LogP contribution < -0.4 is 0 Å². The van der Waals surface area contributed by atoms with E-state index in [0.29, 0.717) is 36.3 Å². The van der Waals surface area contributed by atoms with E-state index in [2.05, 4.69) is 6.92 Å². The Kier molecular flexibility index (Phi) is 41.1. The molecule has 0 aromatic heterocycles. The molecule has 0 atom stereocenters. The minimum absolute atomic E-state index is 0.0741. The summed E-state index contributed by atoms with van der Waals surface area (Å²) in [6, 6.07) is 15.7. The Hall–Kier alpha value is -6.21. The largest absolute Gasteiger partial charge is 0.503 e. The molecule has 0 aliphatic heterocycles. The van der Waals surface area contributed by atoms with E-state index in [4.69, 9.17) is 67.7 Å². The van der Waals surface area contributed by atoms with E-state index in [1.54, 1.807) is 48.5 Å². The van der Waals surface area contributed by atoms with Crippen molar-refractivity contribution in [3.8, 4) is 0 Å². The molecule has 0 saturated heterocycles. The SMILES string of the molecule is CCCCCCCCCCCC(=O)O.O=C(O)/C=C\C(=O)O.O=C(O)/C=C\C(=O)O.O=C(O)O.O=C(O)c1ccccc1.O=S(=O)(O)O.O=S(=O)(O)c1ccccc1. The van der Waals surface area contributed by atoms with Gasteiger partial charge in [-0.15, -0.1) is 0 Å². The first-order valence-electron chi connectivity index (χ1n) is 16.1. The number of unbranched alkanes of at least 4 members (excludes halogenated alkanes) is 8. The van der Waals surface area contributed by atoms with E-state index in [-0.39, 0.29) is 4.90 Å². The van der Waals surface area contributed by atoms with Crippen LogP contribution in [0.4, 0.5) is 4.79 Å². The highest BCUT2D eigenvalue weighted by Crippen LogP contribution is 2.10. The molecule has 11 N–H and O–H groups in total.